The maximum absolute atomic E-state index is 13.4. The summed E-state index contributed by atoms with van der Waals surface area (Å²) in [4.78, 5) is 20.1. The van der Waals surface area contributed by atoms with Crippen LogP contribution in [0, 0.1) is 0 Å². The van der Waals surface area contributed by atoms with Gasteiger partial charge in [-0.25, -0.2) is 4.79 Å². The van der Waals surface area contributed by atoms with Crippen molar-refractivity contribution in [2.24, 2.45) is 0 Å². The molecule has 1 fully saturated rings. The number of carbonyl (C=O) groups is 1. The highest BCUT2D eigenvalue weighted by molar-refractivity contribution is 5.90. The van der Waals surface area contributed by atoms with Crippen LogP contribution in [-0.4, -0.2) is 55.1 Å². The molecule has 2 amide bonds. The minimum absolute atomic E-state index is 0.0141. The zero-order valence-corrected chi connectivity index (χ0v) is 19.6. The molecule has 1 unspecified atom stereocenters. The maximum atomic E-state index is 13.4. The van der Waals surface area contributed by atoms with Crippen molar-refractivity contribution in [3.8, 4) is 0 Å². The molecule has 3 rings (SSSR count). The summed E-state index contributed by atoms with van der Waals surface area (Å²) >= 11 is 0. The van der Waals surface area contributed by atoms with E-state index < -0.39 is 0 Å². The predicted octanol–water partition coefficient (Wildman–Crippen LogP) is 5.44. The van der Waals surface area contributed by atoms with Gasteiger partial charge < -0.3 is 20.0 Å². The lowest BCUT2D eigenvalue weighted by atomic mass is 10.00. The van der Waals surface area contributed by atoms with Gasteiger partial charge in [0.15, 0.2) is 0 Å². The highest BCUT2D eigenvalue weighted by Gasteiger charge is 2.29. The van der Waals surface area contributed by atoms with E-state index in [2.05, 4.69) is 36.2 Å². The Balaban J connectivity index is 1.72. The molecule has 1 aliphatic heterocycles. The Morgan fingerprint density at radius 1 is 1.10 bits per heavy atom. The molecule has 0 bridgehead atoms. The van der Waals surface area contributed by atoms with Crippen molar-refractivity contribution in [2.75, 3.05) is 37.4 Å². The lowest BCUT2D eigenvalue weighted by Crippen LogP contribution is -2.50. The third-order valence-electron chi connectivity index (χ3n) is 6.34. The molecule has 2 aromatic carbocycles. The third-order valence-corrected chi connectivity index (χ3v) is 6.34. The van der Waals surface area contributed by atoms with Crippen LogP contribution in [-0.2, 0) is 6.54 Å². The molecule has 0 radical (unpaired) electrons. The van der Waals surface area contributed by atoms with E-state index in [0.29, 0.717) is 12.6 Å². The maximum Gasteiger partial charge on any atom is 0.322 e. The second-order valence-electron chi connectivity index (χ2n) is 8.89. The van der Waals surface area contributed by atoms with Crippen molar-refractivity contribution in [1.82, 2.24) is 9.80 Å². The number of hydrogen-bond acceptors (Lipinski definition) is 3. The van der Waals surface area contributed by atoms with Gasteiger partial charge in [0.2, 0.25) is 0 Å². The normalized spacial score (nSPS) is 16.0. The van der Waals surface area contributed by atoms with Crippen LogP contribution in [0.5, 0.6) is 0 Å². The zero-order chi connectivity index (χ0) is 22.2. The molecule has 5 heteroatoms. The van der Waals surface area contributed by atoms with Gasteiger partial charge in [-0.3, -0.25) is 0 Å². The Morgan fingerprint density at radius 3 is 2.45 bits per heavy atom. The molecule has 0 spiro atoms. The first-order valence-corrected chi connectivity index (χ1v) is 11.6. The van der Waals surface area contributed by atoms with Crippen molar-refractivity contribution in [3.05, 3.63) is 60.2 Å². The molecule has 1 heterocycles. The Morgan fingerprint density at radius 2 is 1.81 bits per heavy atom. The van der Waals surface area contributed by atoms with Crippen LogP contribution in [0.2, 0.25) is 0 Å². The van der Waals surface area contributed by atoms with E-state index in [1.807, 2.05) is 66.4 Å². The molecule has 31 heavy (non-hydrogen) atoms. The van der Waals surface area contributed by atoms with Crippen molar-refractivity contribution in [3.63, 3.8) is 0 Å². The molecule has 1 N–H and O–H groups in total. The van der Waals surface area contributed by atoms with E-state index in [1.54, 1.807) is 0 Å². The molecule has 168 valence electrons. The Labute approximate surface area is 188 Å². The van der Waals surface area contributed by atoms with Crippen LogP contribution in [0.4, 0.5) is 16.2 Å². The number of piperidine rings is 1. The molecule has 0 aromatic heterocycles. The van der Waals surface area contributed by atoms with Crippen LogP contribution < -0.4 is 10.2 Å². The summed E-state index contributed by atoms with van der Waals surface area (Å²) in [5.41, 5.74) is 3.08. The largest absolute Gasteiger partial charge is 0.378 e. The summed E-state index contributed by atoms with van der Waals surface area (Å²) in [6, 6.07) is 19.2. The standard InChI is InChI=1S/C26H38N4O/c1-5-10-21(2)29-17-15-24(16-18-29)30(20-22-11-7-6-8-12-22)26(31)27-23-13-9-14-25(19-23)28(3)4/h6-9,11-14,19,21,24H,5,10,15-18,20H2,1-4H3,(H,27,31). The van der Waals surface area contributed by atoms with Crippen molar-refractivity contribution >= 4 is 17.4 Å². The average molecular weight is 423 g/mol. The fourth-order valence-corrected chi connectivity index (χ4v) is 4.44. The van der Waals surface area contributed by atoms with Crippen LogP contribution in [0.3, 0.4) is 0 Å². The molecule has 1 aliphatic rings. The summed E-state index contributed by atoms with van der Waals surface area (Å²) in [6.07, 6.45) is 4.49. The monoisotopic (exact) mass is 422 g/mol. The van der Waals surface area contributed by atoms with E-state index in [0.717, 1.165) is 37.3 Å². The fourth-order valence-electron chi connectivity index (χ4n) is 4.44. The Kier molecular flexibility index (Phi) is 8.35. The van der Waals surface area contributed by atoms with Gasteiger partial charge >= 0.3 is 6.03 Å². The molecule has 1 atom stereocenters. The number of rotatable bonds is 8. The number of amides is 2. The lowest BCUT2D eigenvalue weighted by Gasteiger charge is -2.40. The molecule has 0 aliphatic carbocycles. The Hall–Kier alpha value is -2.53. The summed E-state index contributed by atoms with van der Waals surface area (Å²) in [5.74, 6) is 0. The number of anilines is 2. The van der Waals surface area contributed by atoms with Gasteiger partial charge in [0, 0.05) is 57.2 Å². The van der Waals surface area contributed by atoms with E-state index in [-0.39, 0.29) is 12.1 Å². The summed E-state index contributed by atoms with van der Waals surface area (Å²) in [6.45, 7) is 7.33. The number of urea groups is 1. The number of benzene rings is 2. The predicted molar refractivity (Wildman–Crippen MR) is 131 cm³/mol. The molecule has 5 nitrogen and oxygen atoms in total. The van der Waals surface area contributed by atoms with Crippen LogP contribution in [0.25, 0.3) is 0 Å². The first kappa shape index (κ1) is 23.1. The third kappa shape index (κ3) is 6.47. The lowest BCUT2D eigenvalue weighted by molar-refractivity contribution is 0.0989. The van der Waals surface area contributed by atoms with E-state index in [4.69, 9.17) is 0 Å². The topological polar surface area (TPSA) is 38.8 Å². The van der Waals surface area contributed by atoms with Crippen molar-refractivity contribution in [2.45, 2.75) is 58.2 Å². The quantitative estimate of drug-likeness (QED) is 0.616. The minimum atomic E-state index is -0.0141. The molecule has 2 aromatic rings. The van der Waals surface area contributed by atoms with Gasteiger partial charge in [-0.1, -0.05) is 49.7 Å². The molecule has 0 saturated carbocycles. The summed E-state index contributed by atoms with van der Waals surface area (Å²) in [7, 11) is 4.02. The average Bonchev–Trinajstić information content (AvgIpc) is 2.78. The fraction of sp³-hybridized carbons (Fsp3) is 0.500. The van der Waals surface area contributed by atoms with Gasteiger partial charge in [0.25, 0.3) is 0 Å². The first-order valence-electron chi connectivity index (χ1n) is 11.6. The van der Waals surface area contributed by atoms with Gasteiger partial charge in [-0.05, 0) is 49.9 Å². The van der Waals surface area contributed by atoms with Gasteiger partial charge in [-0.2, -0.15) is 0 Å². The van der Waals surface area contributed by atoms with Crippen molar-refractivity contribution < 1.29 is 4.79 Å². The highest BCUT2D eigenvalue weighted by Crippen LogP contribution is 2.24. The minimum Gasteiger partial charge on any atom is -0.378 e. The number of nitrogens with zero attached hydrogens (tertiary/aromatic N) is 3. The smallest absolute Gasteiger partial charge is 0.322 e. The van der Waals surface area contributed by atoms with E-state index in [9.17, 15) is 4.79 Å². The van der Waals surface area contributed by atoms with Gasteiger partial charge in [0.1, 0.15) is 0 Å². The van der Waals surface area contributed by atoms with Gasteiger partial charge in [0.05, 0.1) is 0 Å². The SMILES string of the molecule is CCCC(C)N1CCC(N(Cc2ccccc2)C(=O)Nc2cccc(N(C)C)c2)CC1. The number of carbonyl (C=O) groups excluding carboxylic acids is 1. The number of likely N-dealkylation sites (tertiary alicyclic amines) is 1. The van der Waals surface area contributed by atoms with E-state index in [1.165, 1.54) is 18.4 Å². The Bertz CT molecular complexity index is 815. The first-order chi connectivity index (χ1) is 15.0. The van der Waals surface area contributed by atoms with Crippen LogP contribution >= 0.6 is 0 Å². The molecular weight excluding hydrogens is 384 g/mol. The second-order valence-corrected chi connectivity index (χ2v) is 8.89. The number of nitrogens with one attached hydrogen (secondary N) is 1. The number of hydrogen-bond donors (Lipinski definition) is 1. The van der Waals surface area contributed by atoms with Crippen LogP contribution in [0.1, 0.15) is 45.1 Å². The highest BCUT2D eigenvalue weighted by atomic mass is 16.2. The van der Waals surface area contributed by atoms with E-state index >= 15 is 0 Å². The van der Waals surface area contributed by atoms with Crippen molar-refractivity contribution in [1.29, 1.82) is 0 Å². The summed E-state index contributed by atoms with van der Waals surface area (Å²) in [5, 5.41) is 3.16. The molecular formula is C26H38N4O. The zero-order valence-electron chi connectivity index (χ0n) is 19.6. The molecule has 1 saturated heterocycles. The van der Waals surface area contributed by atoms with Crippen LogP contribution in [0.15, 0.2) is 54.6 Å². The van der Waals surface area contributed by atoms with Gasteiger partial charge in [-0.15, -0.1) is 0 Å². The summed E-state index contributed by atoms with van der Waals surface area (Å²) < 4.78 is 0. The second kappa shape index (κ2) is 11.2.